The number of aromatic nitrogens is 1. The number of nitrogens with zero attached hydrogens (tertiary/aromatic N) is 1. The summed E-state index contributed by atoms with van der Waals surface area (Å²) < 4.78 is 0. The van der Waals surface area contributed by atoms with Crippen LogP contribution in [0.1, 0.15) is 34.0 Å². The van der Waals surface area contributed by atoms with Gasteiger partial charge >= 0.3 is 0 Å². The van der Waals surface area contributed by atoms with Gasteiger partial charge in [-0.15, -0.1) is 0 Å². The smallest absolute Gasteiger partial charge is 0.257 e. The number of aliphatic imine (C=N–C) groups is 1. The van der Waals surface area contributed by atoms with E-state index in [2.05, 4.69) is 46.8 Å². The van der Waals surface area contributed by atoms with Crippen LogP contribution in [0.2, 0.25) is 0 Å². The average molecular weight is 425 g/mol. The number of carbonyl (C=O) groups is 1. The molecule has 1 heterocycles. The topological polar surface area (TPSA) is 69.3 Å². The predicted octanol–water partition coefficient (Wildman–Crippen LogP) is 5.48. The maximum Gasteiger partial charge on any atom is 0.257 e. The molecule has 0 unspecified atom stereocenters. The third-order valence-electron chi connectivity index (χ3n) is 5.44. The minimum atomic E-state index is -0.182. The van der Waals surface area contributed by atoms with Gasteiger partial charge in [0.2, 0.25) is 5.96 Å². The standard InChI is InChI=1S/C27H28N4O/c1-3-20-9-7-11-23(17-20)30-27(31-26(32)21-10-6-8-19(2)16-21)28-15-14-22-18-29-25-13-5-4-12-24(22)25/h4-13,16-18,29H,3,14-15H2,1-2H3,(H2,28,30,31,32). The zero-order chi connectivity index (χ0) is 22.3. The number of H-pyrrole nitrogens is 1. The molecule has 3 N–H and O–H groups in total. The van der Waals surface area contributed by atoms with Gasteiger partial charge in [-0.2, -0.15) is 0 Å². The summed E-state index contributed by atoms with van der Waals surface area (Å²) >= 11 is 0. The van der Waals surface area contributed by atoms with Gasteiger partial charge in [-0.1, -0.05) is 55.0 Å². The summed E-state index contributed by atoms with van der Waals surface area (Å²) in [5, 5.41) is 7.46. The van der Waals surface area contributed by atoms with E-state index in [4.69, 9.17) is 4.99 Å². The number of carbonyl (C=O) groups excluding carboxylic acids is 1. The van der Waals surface area contributed by atoms with E-state index in [1.54, 1.807) is 0 Å². The molecular formula is C27H28N4O. The van der Waals surface area contributed by atoms with Crippen LogP contribution < -0.4 is 10.6 Å². The summed E-state index contributed by atoms with van der Waals surface area (Å²) in [6.07, 6.45) is 3.74. The predicted molar refractivity (Wildman–Crippen MR) is 132 cm³/mol. The van der Waals surface area contributed by atoms with Crippen molar-refractivity contribution in [3.8, 4) is 0 Å². The molecule has 0 aliphatic rings. The number of benzene rings is 3. The number of para-hydroxylation sites is 1. The molecule has 0 atom stereocenters. The fourth-order valence-electron chi connectivity index (χ4n) is 3.71. The monoisotopic (exact) mass is 424 g/mol. The molecule has 1 aromatic heterocycles. The molecule has 4 rings (SSSR count). The normalized spacial score (nSPS) is 11.5. The molecule has 4 aromatic rings. The first-order chi connectivity index (χ1) is 15.6. The third kappa shape index (κ3) is 5.24. The van der Waals surface area contributed by atoms with E-state index in [0.29, 0.717) is 18.1 Å². The van der Waals surface area contributed by atoms with Crippen molar-refractivity contribution in [3.63, 3.8) is 0 Å². The lowest BCUT2D eigenvalue weighted by Gasteiger charge is -2.13. The molecule has 1 amide bonds. The van der Waals surface area contributed by atoms with Gasteiger partial charge in [0.15, 0.2) is 0 Å². The third-order valence-corrected chi connectivity index (χ3v) is 5.44. The summed E-state index contributed by atoms with van der Waals surface area (Å²) in [6, 6.07) is 23.9. The Labute approximate surface area is 188 Å². The van der Waals surface area contributed by atoms with Crippen molar-refractivity contribution in [3.05, 3.63) is 101 Å². The van der Waals surface area contributed by atoms with Gasteiger partial charge in [0.05, 0.1) is 0 Å². The van der Waals surface area contributed by atoms with E-state index in [1.807, 2.05) is 61.7 Å². The maximum atomic E-state index is 12.9. The molecule has 0 aliphatic heterocycles. The SMILES string of the molecule is CCc1cccc(NC(=NCCc2c[nH]c3ccccc23)NC(=O)c2cccc(C)c2)c1. The number of aryl methyl sites for hydroxylation is 2. The number of amides is 1. The first-order valence-corrected chi connectivity index (χ1v) is 11.0. The first-order valence-electron chi connectivity index (χ1n) is 11.0. The molecule has 5 heteroatoms. The van der Waals surface area contributed by atoms with E-state index in [-0.39, 0.29) is 5.91 Å². The van der Waals surface area contributed by atoms with Gasteiger partial charge in [0.1, 0.15) is 0 Å². The van der Waals surface area contributed by atoms with E-state index in [9.17, 15) is 4.79 Å². The molecular weight excluding hydrogens is 396 g/mol. The fourth-order valence-corrected chi connectivity index (χ4v) is 3.71. The van der Waals surface area contributed by atoms with Crippen molar-refractivity contribution in [2.24, 2.45) is 4.99 Å². The van der Waals surface area contributed by atoms with Crippen LogP contribution in [0.4, 0.5) is 5.69 Å². The minimum absolute atomic E-state index is 0.182. The van der Waals surface area contributed by atoms with E-state index >= 15 is 0 Å². The highest BCUT2D eigenvalue weighted by atomic mass is 16.1. The Balaban J connectivity index is 1.53. The molecule has 0 spiro atoms. The molecule has 162 valence electrons. The summed E-state index contributed by atoms with van der Waals surface area (Å²) in [5.41, 5.74) is 6.10. The van der Waals surface area contributed by atoms with Gasteiger partial charge in [-0.3, -0.25) is 15.1 Å². The van der Waals surface area contributed by atoms with Gasteiger partial charge in [0.25, 0.3) is 5.91 Å². The van der Waals surface area contributed by atoms with Crippen LogP contribution in [0.15, 0.2) is 84.0 Å². The quantitative estimate of drug-likeness (QED) is 0.283. The number of hydrogen-bond donors (Lipinski definition) is 3. The number of nitrogens with one attached hydrogen (secondary N) is 3. The van der Waals surface area contributed by atoms with Crippen molar-refractivity contribution in [1.82, 2.24) is 10.3 Å². The van der Waals surface area contributed by atoms with Crippen molar-refractivity contribution >= 4 is 28.5 Å². The summed E-state index contributed by atoms with van der Waals surface area (Å²) in [5.74, 6) is 0.267. The van der Waals surface area contributed by atoms with Crippen LogP contribution in [0.3, 0.4) is 0 Å². The highest BCUT2D eigenvalue weighted by Gasteiger charge is 2.10. The van der Waals surface area contributed by atoms with Crippen molar-refractivity contribution in [2.75, 3.05) is 11.9 Å². The largest absolute Gasteiger partial charge is 0.361 e. The molecule has 5 nitrogen and oxygen atoms in total. The molecule has 0 bridgehead atoms. The Hall–Kier alpha value is -3.86. The van der Waals surface area contributed by atoms with E-state index in [0.717, 1.165) is 29.6 Å². The highest BCUT2D eigenvalue weighted by Crippen LogP contribution is 2.18. The zero-order valence-electron chi connectivity index (χ0n) is 18.5. The maximum absolute atomic E-state index is 12.9. The number of anilines is 1. The van der Waals surface area contributed by atoms with Crippen molar-refractivity contribution in [1.29, 1.82) is 0 Å². The Kier molecular flexibility index (Phi) is 6.66. The summed E-state index contributed by atoms with van der Waals surface area (Å²) in [7, 11) is 0. The van der Waals surface area contributed by atoms with Gasteiger partial charge in [0, 0.05) is 34.9 Å². The second kappa shape index (κ2) is 9.96. The lowest BCUT2D eigenvalue weighted by atomic mass is 10.1. The van der Waals surface area contributed by atoms with Crippen molar-refractivity contribution < 1.29 is 4.79 Å². The molecule has 0 saturated heterocycles. The summed E-state index contributed by atoms with van der Waals surface area (Å²) in [6.45, 7) is 4.64. The Bertz CT molecular complexity index is 1260. The second-order valence-corrected chi connectivity index (χ2v) is 7.84. The molecule has 0 saturated carbocycles. The van der Waals surface area contributed by atoms with Crippen LogP contribution in [-0.4, -0.2) is 23.4 Å². The molecule has 0 aliphatic carbocycles. The van der Waals surface area contributed by atoms with E-state index < -0.39 is 0 Å². The van der Waals surface area contributed by atoms with E-state index in [1.165, 1.54) is 16.5 Å². The Morgan fingerprint density at radius 3 is 2.69 bits per heavy atom. The number of rotatable bonds is 6. The molecule has 0 radical (unpaired) electrons. The highest BCUT2D eigenvalue weighted by molar-refractivity contribution is 6.10. The second-order valence-electron chi connectivity index (χ2n) is 7.84. The Morgan fingerprint density at radius 2 is 1.84 bits per heavy atom. The van der Waals surface area contributed by atoms with Crippen LogP contribution in [0.5, 0.6) is 0 Å². The number of aromatic amines is 1. The van der Waals surface area contributed by atoms with Gasteiger partial charge < -0.3 is 10.3 Å². The fraction of sp³-hybridized carbons (Fsp3) is 0.185. The number of hydrogen-bond acceptors (Lipinski definition) is 2. The zero-order valence-corrected chi connectivity index (χ0v) is 18.5. The molecule has 3 aromatic carbocycles. The Morgan fingerprint density at radius 1 is 1.00 bits per heavy atom. The number of fused-ring (bicyclic) bond motifs is 1. The average Bonchev–Trinajstić information content (AvgIpc) is 3.22. The van der Waals surface area contributed by atoms with Crippen LogP contribution in [-0.2, 0) is 12.8 Å². The molecule has 0 fully saturated rings. The molecule has 32 heavy (non-hydrogen) atoms. The van der Waals surface area contributed by atoms with Crippen LogP contribution in [0, 0.1) is 6.92 Å². The van der Waals surface area contributed by atoms with Crippen LogP contribution >= 0.6 is 0 Å². The first kappa shape index (κ1) is 21.4. The lowest BCUT2D eigenvalue weighted by Crippen LogP contribution is -2.36. The lowest BCUT2D eigenvalue weighted by molar-refractivity contribution is 0.0977. The van der Waals surface area contributed by atoms with Crippen LogP contribution in [0.25, 0.3) is 10.9 Å². The number of guanidine groups is 1. The van der Waals surface area contributed by atoms with Crippen molar-refractivity contribution in [2.45, 2.75) is 26.7 Å². The minimum Gasteiger partial charge on any atom is -0.361 e. The van der Waals surface area contributed by atoms with Gasteiger partial charge in [-0.25, -0.2) is 0 Å². The summed E-state index contributed by atoms with van der Waals surface area (Å²) in [4.78, 5) is 20.9. The van der Waals surface area contributed by atoms with Gasteiger partial charge in [-0.05, 0) is 61.2 Å².